The number of nitrogens with one attached hydrogen (secondary N) is 1. The van der Waals surface area contributed by atoms with E-state index in [0.29, 0.717) is 18.9 Å². The van der Waals surface area contributed by atoms with E-state index in [-0.39, 0.29) is 9.77 Å². The largest absolute Gasteiger partial charge is 0.306 e. The summed E-state index contributed by atoms with van der Waals surface area (Å²) < 4.78 is 28.3. The number of rotatable bonds is 5. The van der Waals surface area contributed by atoms with Crippen LogP contribution in [0, 0.1) is 0 Å². The number of carbonyl (C=O) groups is 1. The van der Waals surface area contributed by atoms with Crippen LogP contribution in [0.15, 0.2) is 58.9 Å². The molecule has 1 aromatic carbocycles. The van der Waals surface area contributed by atoms with Gasteiger partial charge in [-0.3, -0.25) is 4.79 Å². The summed E-state index contributed by atoms with van der Waals surface area (Å²) in [6.07, 6.45) is 3.34. The summed E-state index contributed by atoms with van der Waals surface area (Å²) in [5, 5.41) is 5.19. The molecule has 0 spiro atoms. The number of thiophene rings is 1. The molecule has 1 fully saturated rings. The Hall–Kier alpha value is -2.66. The summed E-state index contributed by atoms with van der Waals surface area (Å²) in [4.78, 5) is 22.0. The minimum atomic E-state index is -3.66. The number of anilines is 1. The number of benzene rings is 1. The van der Waals surface area contributed by atoms with Crippen LogP contribution in [0.5, 0.6) is 0 Å². The minimum Gasteiger partial charge on any atom is -0.306 e. The van der Waals surface area contributed by atoms with Crippen LogP contribution in [0.3, 0.4) is 0 Å². The van der Waals surface area contributed by atoms with E-state index in [9.17, 15) is 13.2 Å². The van der Waals surface area contributed by atoms with Crippen molar-refractivity contribution in [1.29, 1.82) is 0 Å². The molecule has 0 unspecified atom stereocenters. The fourth-order valence-corrected chi connectivity index (χ4v) is 7.27. The van der Waals surface area contributed by atoms with Crippen molar-refractivity contribution in [2.75, 3.05) is 18.4 Å². The van der Waals surface area contributed by atoms with Crippen LogP contribution >= 0.6 is 22.7 Å². The van der Waals surface area contributed by atoms with Crippen LogP contribution in [0.1, 0.15) is 22.5 Å². The predicted molar refractivity (Wildman–Crippen MR) is 123 cm³/mol. The van der Waals surface area contributed by atoms with Gasteiger partial charge in [0.2, 0.25) is 10.0 Å². The molecule has 1 amide bonds. The number of amides is 1. The van der Waals surface area contributed by atoms with Crippen molar-refractivity contribution in [2.45, 2.75) is 17.7 Å². The van der Waals surface area contributed by atoms with Crippen molar-refractivity contribution in [2.24, 2.45) is 0 Å². The highest BCUT2D eigenvalue weighted by molar-refractivity contribution is 7.89. The lowest BCUT2D eigenvalue weighted by atomic mass is 10.3. The molecule has 0 radical (unpaired) electrons. The van der Waals surface area contributed by atoms with Gasteiger partial charge in [0.15, 0.2) is 0 Å². The number of hydrogen-bond donors (Lipinski definition) is 1. The molecule has 1 N–H and O–H groups in total. The van der Waals surface area contributed by atoms with Crippen molar-refractivity contribution in [3.8, 4) is 10.6 Å². The Balaban J connectivity index is 1.35. The summed E-state index contributed by atoms with van der Waals surface area (Å²) >= 11 is 2.69. The molecule has 0 aliphatic carbocycles. The molecule has 1 aliphatic rings. The lowest BCUT2D eigenvalue weighted by molar-refractivity contribution is 0.102. The number of thiazole rings is 1. The van der Waals surface area contributed by atoms with Crippen molar-refractivity contribution in [3.05, 3.63) is 58.9 Å². The van der Waals surface area contributed by atoms with Gasteiger partial charge >= 0.3 is 0 Å². The van der Waals surface area contributed by atoms with Crippen LogP contribution in [0.2, 0.25) is 0 Å². The average molecular weight is 471 g/mol. The number of pyridine rings is 1. The standard InChI is InChI=1S/C21H18N4O3S3/c26-20(19-17(9-12-29-19)31(27,28)25-10-3-4-11-25)24-18-8-7-14(13-22-18)21-23-15-5-1-2-6-16(15)30-21/h1-2,5-9,12-13H,3-4,10-11H2,(H,22,24,26). The lowest BCUT2D eigenvalue weighted by Gasteiger charge is -2.15. The first kappa shape index (κ1) is 20.3. The SMILES string of the molecule is O=C(Nc1ccc(-c2nc3ccccc3s2)cn1)c1sccc1S(=O)(=O)N1CCCC1. The van der Waals surface area contributed by atoms with Gasteiger partial charge in [0.05, 0.1) is 10.2 Å². The molecule has 5 rings (SSSR count). The Morgan fingerprint density at radius 3 is 2.61 bits per heavy atom. The van der Waals surface area contributed by atoms with Crippen LogP contribution in [-0.4, -0.2) is 41.7 Å². The highest BCUT2D eigenvalue weighted by Crippen LogP contribution is 2.31. The normalized spacial score (nSPS) is 14.8. The van der Waals surface area contributed by atoms with Gasteiger partial charge in [0.1, 0.15) is 20.6 Å². The fraction of sp³-hybridized carbons (Fsp3) is 0.190. The van der Waals surface area contributed by atoms with Gasteiger partial charge in [-0.25, -0.2) is 18.4 Å². The summed E-state index contributed by atoms with van der Waals surface area (Å²) in [7, 11) is -3.66. The first-order chi connectivity index (χ1) is 15.0. The Morgan fingerprint density at radius 1 is 1.06 bits per heavy atom. The van der Waals surface area contributed by atoms with Gasteiger partial charge in [-0.15, -0.1) is 22.7 Å². The zero-order valence-electron chi connectivity index (χ0n) is 16.3. The first-order valence-electron chi connectivity index (χ1n) is 9.73. The molecule has 10 heteroatoms. The van der Waals surface area contributed by atoms with Gasteiger partial charge in [-0.1, -0.05) is 12.1 Å². The van der Waals surface area contributed by atoms with E-state index < -0.39 is 15.9 Å². The van der Waals surface area contributed by atoms with Crippen molar-refractivity contribution in [3.63, 3.8) is 0 Å². The van der Waals surface area contributed by atoms with Crippen molar-refractivity contribution in [1.82, 2.24) is 14.3 Å². The molecular formula is C21H18N4O3S3. The predicted octanol–water partition coefficient (Wildman–Crippen LogP) is 4.46. The smallest absolute Gasteiger partial charge is 0.268 e. The Bertz CT molecular complexity index is 1320. The van der Waals surface area contributed by atoms with Crippen LogP contribution in [-0.2, 0) is 10.0 Å². The van der Waals surface area contributed by atoms with Crippen LogP contribution in [0.25, 0.3) is 20.8 Å². The molecule has 3 aromatic heterocycles. The molecule has 4 aromatic rings. The van der Waals surface area contributed by atoms with Crippen LogP contribution < -0.4 is 5.32 Å². The Morgan fingerprint density at radius 2 is 1.87 bits per heavy atom. The maximum absolute atomic E-state index is 12.9. The maximum atomic E-state index is 12.9. The number of nitrogens with zero attached hydrogens (tertiary/aromatic N) is 3. The molecule has 0 atom stereocenters. The van der Waals surface area contributed by atoms with Gasteiger partial charge < -0.3 is 5.32 Å². The Labute approximate surface area is 187 Å². The first-order valence-corrected chi connectivity index (χ1v) is 12.9. The second kappa shape index (κ2) is 8.12. The van der Waals surface area contributed by atoms with Gasteiger partial charge in [0.25, 0.3) is 5.91 Å². The van der Waals surface area contributed by atoms with E-state index in [0.717, 1.165) is 45.0 Å². The third kappa shape index (κ3) is 3.87. The molecule has 7 nitrogen and oxygen atoms in total. The van der Waals surface area contributed by atoms with E-state index in [1.165, 1.54) is 10.4 Å². The topological polar surface area (TPSA) is 92.3 Å². The second-order valence-corrected chi connectivity index (χ2v) is 11.0. The van der Waals surface area contributed by atoms with E-state index in [2.05, 4.69) is 15.3 Å². The van der Waals surface area contributed by atoms with Gasteiger partial charge in [-0.2, -0.15) is 4.31 Å². The van der Waals surface area contributed by atoms with E-state index in [4.69, 9.17) is 0 Å². The molecule has 1 saturated heterocycles. The number of para-hydroxylation sites is 1. The second-order valence-electron chi connectivity index (χ2n) is 7.10. The zero-order valence-corrected chi connectivity index (χ0v) is 18.8. The monoisotopic (exact) mass is 470 g/mol. The van der Waals surface area contributed by atoms with Crippen LogP contribution in [0.4, 0.5) is 5.82 Å². The van der Waals surface area contributed by atoms with Gasteiger partial charge in [-0.05, 0) is 48.6 Å². The van der Waals surface area contributed by atoms with Crippen molar-refractivity contribution < 1.29 is 13.2 Å². The molecule has 31 heavy (non-hydrogen) atoms. The van der Waals surface area contributed by atoms with Gasteiger partial charge in [0, 0.05) is 24.8 Å². The molecule has 1 aliphatic heterocycles. The zero-order chi connectivity index (χ0) is 21.4. The van der Waals surface area contributed by atoms with E-state index in [1.54, 1.807) is 29.0 Å². The molecule has 0 bridgehead atoms. The molecule has 158 valence electrons. The third-order valence-corrected chi connectivity index (χ3v) is 9.13. The number of hydrogen-bond acceptors (Lipinski definition) is 7. The number of fused-ring (bicyclic) bond motifs is 1. The summed E-state index contributed by atoms with van der Waals surface area (Å²) in [5.41, 5.74) is 1.79. The quantitative estimate of drug-likeness (QED) is 0.465. The lowest BCUT2D eigenvalue weighted by Crippen LogP contribution is -2.29. The highest BCUT2D eigenvalue weighted by Gasteiger charge is 2.31. The fourth-order valence-electron chi connectivity index (χ4n) is 3.50. The average Bonchev–Trinajstić information content (AvgIpc) is 3.54. The Kier molecular flexibility index (Phi) is 5.30. The highest BCUT2D eigenvalue weighted by atomic mass is 32.2. The van der Waals surface area contributed by atoms with E-state index in [1.807, 2.05) is 30.3 Å². The molecule has 4 heterocycles. The number of sulfonamides is 1. The summed E-state index contributed by atoms with van der Waals surface area (Å²) in [6, 6.07) is 12.9. The third-order valence-electron chi connectivity index (χ3n) is 5.06. The van der Waals surface area contributed by atoms with E-state index >= 15 is 0 Å². The number of carbonyl (C=O) groups excluding carboxylic acids is 1. The maximum Gasteiger partial charge on any atom is 0.268 e. The minimum absolute atomic E-state index is 0.0583. The summed E-state index contributed by atoms with van der Waals surface area (Å²) in [5.74, 6) is -0.124. The molecule has 0 saturated carbocycles. The number of aromatic nitrogens is 2. The van der Waals surface area contributed by atoms with Crippen molar-refractivity contribution >= 4 is 54.6 Å². The molecular weight excluding hydrogens is 452 g/mol. The summed E-state index contributed by atoms with van der Waals surface area (Å²) in [6.45, 7) is 0.988.